The van der Waals surface area contributed by atoms with Crippen LogP contribution in [0.4, 0.5) is 0 Å². The third kappa shape index (κ3) is 10.6. The number of benzene rings is 2. The molecule has 0 saturated carbocycles. The van der Waals surface area contributed by atoms with Crippen molar-refractivity contribution in [1.82, 2.24) is 10.6 Å². The SMILES string of the molecule is O=C(COc1ccc(Br)cc1)NCCCCCCNC(=O)COc1ccc(Br)cc1. The van der Waals surface area contributed by atoms with E-state index in [0.717, 1.165) is 34.6 Å². The van der Waals surface area contributed by atoms with Crippen molar-refractivity contribution in [2.24, 2.45) is 0 Å². The maximum atomic E-state index is 11.8. The van der Waals surface area contributed by atoms with Crippen LogP contribution in [-0.4, -0.2) is 38.1 Å². The highest BCUT2D eigenvalue weighted by Gasteiger charge is 2.04. The molecule has 0 bridgehead atoms. The van der Waals surface area contributed by atoms with Crippen molar-refractivity contribution in [2.45, 2.75) is 25.7 Å². The van der Waals surface area contributed by atoms with Crippen LogP contribution in [0.15, 0.2) is 57.5 Å². The second kappa shape index (κ2) is 14.0. The summed E-state index contributed by atoms with van der Waals surface area (Å²) in [7, 11) is 0. The predicted octanol–water partition coefficient (Wildman–Crippen LogP) is 4.46. The van der Waals surface area contributed by atoms with Crippen molar-refractivity contribution in [3.8, 4) is 11.5 Å². The molecule has 0 heterocycles. The van der Waals surface area contributed by atoms with E-state index in [1.165, 1.54) is 0 Å². The third-order valence-corrected chi connectivity index (χ3v) is 5.17. The van der Waals surface area contributed by atoms with Crippen LogP contribution >= 0.6 is 31.9 Å². The predicted molar refractivity (Wildman–Crippen MR) is 124 cm³/mol. The lowest BCUT2D eigenvalue weighted by molar-refractivity contribution is -0.123. The summed E-state index contributed by atoms with van der Waals surface area (Å²) in [6.45, 7) is 1.26. The Balaban J connectivity index is 1.41. The lowest BCUT2D eigenvalue weighted by atomic mass is 10.2. The van der Waals surface area contributed by atoms with Crippen LogP contribution in [0.3, 0.4) is 0 Å². The molecule has 0 spiro atoms. The molecule has 0 radical (unpaired) electrons. The number of carbonyl (C=O) groups excluding carboxylic acids is 2. The summed E-state index contributed by atoms with van der Waals surface area (Å²) in [5.41, 5.74) is 0. The Hall–Kier alpha value is -2.06. The molecule has 2 rings (SSSR count). The topological polar surface area (TPSA) is 76.7 Å². The average Bonchev–Trinajstić information content (AvgIpc) is 2.74. The van der Waals surface area contributed by atoms with Gasteiger partial charge in [-0.1, -0.05) is 44.7 Å². The zero-order chi connectivity index (χ0) is 21.6. The van der Waals surface area contributed by atoms with Crippen molar-refractivity contribution in [3.63, 3.8) is 0 Å². The highest BCUT2D eigenvalue weighted by molar-refractivity contribution is 9.10. The quantitative estimate of drug-likeness (QED) is 0.367. The first-order valence-electron chi connectivity index (χ1n) is 9.83. The summed E-state index contributed by atoms with van der Waals surface area (Å²) < 4.78 is 12.8. The largest absolute Gasteiger partial charge is 0.484 e. The molecule has 0 atom stereocenters. The van der Waals surface area contributed by atoms with E-state index in [2.05, 4.69) is 42.5 Å². The lowest BCUT2D eigenvalue weighted by Gasteiger charge is -2.08. The maximum Gasteiger partial charge on any atom is 0.257 e. The Kier molecular flexibility index (Phi) is 11.3. The molecule has 0 unspecified atom stereocenters. The molecule has 0 aliphatic carbocycles. The van der Waals surface area contributed by atoms with Gasteiger partial charge < -0.3 is 20.1 Å². The van der Waals surface area contributed by atoms with Crippen molar-refractivity contribution < 1.29 is 19.1 Å². The number of unbranched alkanes of at least 4 members (excludes halogenated alkanes) is 3. The molecule has 162 valence electrons. The van der Waals surface area contributed by atoms with Crippen molar-refractivity contribution in [2.75, 3.05) is 26.3 Å². The van der Waals surface area contributed by atoms with E-state index < -0.39 is 0 Å². The second-order valence-corrected chi connectivity index (χ2v) is 8.43. The fraction of sp³-hybridized carbons (Fsp3) is 0.364. The highest BCUT2D eigenvalue weighted by Crippen LogP contribution is 2.16. The molecule has 6 nitrogen and oxygen atoms in total. The average molecular weight is 542 g/mol. The summed E-state index contributed by atoms with van der Waals surface area (Å²) in [4.78, 5) is 23.5. The number of hydrogen-bond acceptors (Lipinski definition) is 4. The van der Waals surface area contributed by atoms with E-state index in [-0.39, 0.29) is 25.0 Å². The van der Waals surface area contributed by atoms with Crippen molar-refractivity contribution in [1.29, 1.82) is 0 Å². The normalized spacial score (nSPS) is 10.3. The summed E-state index contributed by atoms with van der Waals surface area (Å²) in [5.74, 6) is 1.07. The number of hydrogen-bond donors (Lipinski definition) is 2. The van der Waals surface area contributed by atoms with Gasteiger partial charge in [0.2, 0.25) is 0 Å². The Morgan fingerprint density at radius 1 is 0.633 bits per heavy atom. The Bertz CT molecular complexity index is 715. The van der Waals surface area contributed by atoms with Gasteiger partial charge in [0.05, 0.1) is 0 Å². The molecule has 0 aliphatic heterocycles. The zero-order valence-corrected chi connectivity index (χ0v) is 19.8. The fourth-order valence-corrected chi connectivity index (χ4v) is 3.05. The van der Waals surface area contributed by atoms with Gasteiger partial charge in [0.1, 0.15) is 11.5 Å². The number of amides is 2. The Morgan fingerprint density at radius 2 is 1.00 bits per heavy atom. The first-order valence-corrected chi connectivity index (χ1v) is 11.4. The smallest absolute Gasteiger partial charge is 0.257 e. The van der Waals surface area contributed by atoms with Crippen LogP contribution in [0.5, 0.6) is 11.5 Å². The summed E-state index contributed by atoms with van der Waals surface area (Å²) >= 11 is 6.70. The maximum absolute atomic E-state index is 11.8. The Morgan fingerprint density at radius 3 is 1.37 bits per heavy atom. The van der Waals surface area contributed by atoms with Crippen molar-refractivity contribution in [3.05, 3.63) is 57.5 Å². The molecular formula is C22H26Br2N2O4. The van der Waals surface area contributed by atoms with Gasteiger partial charge in [0.25, 0.3) is 11.8 Å². The van der Waals surface area contributed by atoms with Gasteiger partial charge >= 0.3 is 0 Å². The van der Waals surface area contributed by atoms with Gasteiger partial charge in [-0.3, -0.25) is 9.59 Å². The van der Waals surface area contributed by atoms with Gasteiger partial charge in [0.15, 0.2) is 13.2 Å². The molecule has 0 fully saturated rings. The molecule has 2 N–H and O–H groups in total. The van der Waals surface area contributed by atoms with Gasteiger partial charge in [-0.05, 0) is 61.4 Å². The van der Waals surface area contributed by atoms with Crippen LogP contribution < -0.4 is 20.1 Å². The van der Waals surface area contributed by atoms with E-state index in [9.17, 15) is 9.59 Å². The zero-order valence-electron chi connectivity index (χ0n) is 16.7. The molecule has 2 aromatic rings. The molecular weight excluding hydrogens is 516 g/mol. The Labute approximate surface area is 194 Å². The van der Waals surface area contributed by atoms with E-state index in [4.69, 9.17) is 9.47 Å². The van der Waals surface area contributed by atoms with Crippen LogP contribution in [0.25, 0.3) is 0 Å². The lowest BCUT2D eigenvalue weighted by Crippen LogP contribution is -2.30. The van der Waals surface area contributed by atoms with E-state index in [0.29, 0.717) is 24.6 Å². The van der Waals surface area contributed by atoms with Gasteiger partial charge in [-0.15, -0.1) is 0 Å². The number of nitrogens with one attached hydrogen (secondary N) is 2. The van der Waals surface area contributed by atoms with E-state index >= 15 is 0 Å². The van der Waals surface area contributed by atoms with Crippen LogP contribution in [0.2, 0.25) is 0 Å². The summed E-state index contributed by atoms with van der Waals surface area (Å²) in [6.07, 6.45) is 3.76. The van der Waals surface area contributed by atoms with E-state index in [1.54, 1.807) is 0 Å². The van der Waals surface area contributed by atoms with Gasteiger partial charge in [-0.25, -0.2) is 0 Å². The molecule has 0 aromatic heterocycles. The van der Waals surface area contributed by atoms with Gasteiger partial charge in [-0.2, -0.15) is 0 Å². The number of carbonyl (C=O) groups is 2. The van der Waals surface area contributed by atoms with Gasteiger partial charge in [0, 0.05) is 22.0 Å². The van der Waals surface area contributed by atoms with Crippen molar-refractivity contribution >= 4 is 43.7 Å². The molecule has 30 heavy (non-hydrogen) atoms. The number of ether oxygens (including phenoxy) is 2. The molecule has 0 saturated heterocycles. The first-order chi connectivity index (χ1) is 14.5. The summed E-state index contributed by atoms with van der Waals surface area (Å²) in [5, 5.41) is 5.69. The number of halogens is 2. The summed E-state index contributed by atoms with van der Waals surface area (Å²) in [6, 6.07) is 14.7. The standard InChI is InChI=1S/C22H26Br2N2O4/c23-17-5-9-19(10-6-17)29-15-21(27)25-13-3-1-2-4-14-26-22(28)16-30-20-11-7-18(24)8-12-20/h5-12H,1-4,13-16H2,(H,25,27)(H,26,28). The third-order valence-electron chi connectivity index (χ3n) is 4.12. The van der Waals surface area contributed by atoms with E-state index in [1.807, 2.05) is 48.5 Å². The molecule has 0 aliphatic rings. The first kappa shape index (κ1) is 24.2. The minimum atomic E-state index is -0.129. The second-order valence-electron chi connectivity index (χ2n) is 6.60. The molecule has 2 amide bonds. The molecule has 2 aromatic carbocycles. The molecule has 8 heteroatoms. The number of rotatable bonds is 13. The minimum Gasteiger partial charge on any atom is -0.484 e. The van der Waals surface area contributed by atoms with Crippen LogP contribution in [0, 0.1) is 0 Å². The monoisotopic (exact) mass is 540 g/mol. The fourth-order valence-electron chi connectivity index (χ4n) is 2.52. The van der Waals surface area contributed by atoms with Crippen LogP contribution in [0.1, 0.15) is 25.7 Å². The minimum absolute atomic E-state index is 0.00991. The highest BCUT2D eigenvalue weighted by atomic mass is 79.9. The van der Waals surface area contributed by atoms with Crippen LogP contribution in [-0.2, 0) is 9.59 Å².